The second-order valence-electron chi connectivity index (χ2n) is 7.21. The molecule has 1 aromatic heterocycles. The normalized spacial score (nSPS) is 17.1. The zero-order valence-electron chi connectivity index (χ0n) is 16.0. The van der Waals surface area contributed by atoms with Crippen LogP contribution in [0.15, 0.2) is 53.1 Å². The van der Waals surface area contributed by atoms with Crippen LogP contribution in [-0.2, 0) is 9.59 Å². The van der Waals surface area contributed by atoms with Gasteiger partial charge >= 0.3 is 0 Å². The number of carbonyl (C=O) groups excluding carboxylic acids is 2. The molecule has 1 saturated heterocycles. The number of aromatic nitrogens is 2. The molecule has 0 saturated carbocycles. The number of nitrogens with zero attached hydrogens (tertiary/aromatic N) is 2. The molecule has 9 heteroatoms. The Hall–Kier alpha value is -2.91. The van der Waals surface area contributed by atoms with Gasteiger partial charge in [-0.05, 0) is 48.9 Å². The molecule has 0 spiro atoms. The number of aromatic amines is 1. The SMILES string of the molecule is O=C(Nc1ccc2[nH]ncc2c1)[C@H]1CCN(C(=O)[C@H](O)COc2ccc(Br)cc2)C1. The molecule has 4 rings (SSSR count). The summed E-state index contributed by atoms with van der Waals surface area (Å²) in [4.78, 5) is 26.6. The summed E-state index contributed by atoms with van der Waals surface area (Å²) in [6, 6.07) is 12.6. The Morgan fingerprint density at radius 3 is 2.90 bits per heavy atom. The first kappa shape index (κ1) is 20.4. The number of aliphatic hydroxyl groups is 1. The van der Waals surface area contributed by atoms with Crippen LogP contribution in [0.5, 0.6) is 5.75 Å². The molecule has 0 radical (unpaired) electrons. The molecule has 2 aromatic carbocycles. The lowest BCUT2D eigenvalue weighted by molar-refractivity contribution is -0.140. The zero-order chi connectivity index (χ0) is 21.1. The maximum Gasteiger partial charge on any atom is 0.255 e. The Morgan fingerprint density at radius 1 is 1.30 bits per heavy atom. The lowest BCUT2D eigenvalue weighted by Gasteiger charge is -2.20. The van der Waals surface area contributed by atoms with Crippen LogP contribution in [0.1, 0.15) is 6.42 Å². The van der Waals surface area contributed by atoms with Gasteiger partial charge in [-0.3, -0.25) is 14.7 Å². The van der Waals surface area contributed by atoms with E-state index in [1.54, 1.807) is 24.4 Å². The minimum absolute atomic E-state index is 0.140. The maximum atomic E-state index is 12.6. The molecule has 156 valence electrons. The zero-order valence-corrected chi connectivity index (χ0v) is 17.6. The number of hydrogen-bond donors (Lipinski definition) is 3. The third-order valence-corrected chi connectivity index (χ3v) is 5.61. The van der Waals surface area contributed by atoms with Gasteiger partial charge in [0.1, 0.15) is 12.4 Å². The second-order valence-corrected chi connectivity index (χ2v) is 8.13. The average molecular weight is 473 g/mol. The molecule has 2 amide bonds. The van der Waals surface area contributed by atoms with Crippen molar-refractivity contribution in [3.63, 3.8) is 0 Å². The summed E-state index contributed by atoms with van der Waals surface area (Å²) in [6.07, 6.45) is 0.962. The van der Waals surface area contributed by atoms with E-state index < -0.39 is 12.0 Å². The minimum atomic E-state index is -1.28. The van der Waals surface area contributed by atoms with Crippen molar-refractivity contribution in [3.05, 3.63) is 53.1 Å². The van der Waals surface area contributed by atoms with E-state index in [0.29, 0.717) is 24.4 Å². The molecule has 0 bridgehead atoms. The van der Waals surface area contributed by atoms with E-state index in [-0.39, 0.29) is 25.0 Å². The Balaban J connectivity index is 1.28. The predicted octanol–water partition coefficient (Wildman–Crippen LogP) is 2.55. The number of aliphatic hydroxyl groups excluding tert-OH is 1. The van der Waals surface area contributed by atoms with Crippen molar-refractivity contribution < 1.29 is 19.4 Å². The van der Waals surface area contributed by atoms with Crippen LogP contribution in [0, 0.1) is 5.92 Å². The van der Waals surface area contributed by atoms with Crippen LogP contribution in [0.2, 0.25) is 0 Å². The van der Waals surface area contributed by atoms with Gasteiger partial charge < -0.3 is 20.1 Å². The van der Waals surface area contributed by atoms with Gasteiger partial charge in [0.2, 0.25) is 5.91 Å². The van der Waals surface area contributed by atoms with Gasteiger partial charge in [0.05, 0.1) is 17.6 Å². The first-order chi connectivity index (χ1) is 14.5. The number of fused-ring (bicyclic) bond motifs is 1. The van der Waals surface area contributed by atoms with E-state index in [0.717, 1.165) is 15.4 Å². The van der Waals surface area contributed by atoms with Crippen molar-refractivity contribution in [2.24, 2.45) is 5.92 Å². The van der Waals surface area contributed by atoms with E-state index in [4.69, 9.17) is 4.74 Å². The molecule has 1 aliphatic heterocycles. The van der Waals surface area contributed by atoms with Crippen molar-refractivity contribution in [3.8, 4) is 5.75 Å². The molecule has 30 heavy (non-hydrogen) atoms. The Morgan fingerprint density at radius 2 is 2.10 bits per heavy atom. The molecule has 0 unspecified atom stereocenters. The standard InChI is InChI=1S/C21H21BrN4O4/c22-15-1-4-17(5-2-15)30-12-19(27)21(29)26-8-7-13(11-26)20(28)24-16-3-6-18-14(9-16)10-23-25-18/h1-6,9-10,13,19,27H,7-8,11-12H2,(H,23,25)(H,24,28)/t13-,19+/m0/s1. The molecule has 0 aliphatic carbocycles. The van der Waals surface area contributed by atoms with E-state index in [2.05, 4.69) is 31.4 Å². The smallest absolute Gasteiger partial charge is 0.255 e. The van der Waals surface area contributed by atoms with Gasteiger partial charge in [0.15, 0.2) is 6.10 Å². The third-order valence-electron chi connectivity index (χ3n) is 5.09. The Labute approximate surface area is 181 Å². The number of amides is 2. The molecule has 3 N–H and O–H groups in total. The molecule has 8 nitrogen and oxygen atoms in total. The van der Waals surface area contributed by atoms with Gasteiger partial charge in [-0.2, -0.15) is 5.10 Å². The highest BCUT2D eigenvalue weighted by molar-refractivity contribution is 9.10. The van der Waals surface area contributed by atoms with Crippen LogP contribution in [-0.4, -0.2) is 57.8 Å². The number of ether oxygens (including phenoxy) is 1. The largest absolute Gasteiger partial charge is 0.490 e. The van der Waals surface area contributed by atoms with Crippen molar-refractivity contribution in [1.82, 2.24) is 15.1 Å². The van der Waals surface area contributed by atoms with Crippen molar-refractivity contribution in [2.75, 3.05) is 25.0 Å². The number of likely N-dealkylation sites (tertiary alicyclic amines) is 1. The van der Waals surface area contributed by atoms with Gasteiger partial charge in [-0.15, -0.1) is 0 Å². The van der Waals surface area contributed by atoms with E-state index in [1.807, 2.05) is 24.3 Å². The van der Waals surface area contributed by atoms with Gasteiger partial charge in [-0.1, -0.05) is 15.9 Å². The lowest BCUT2D eigenvalue weighted by Crippen LogP contribution is -2.41. The molecule has 3 aromatic rings. The summed E-state index contributed by atoms with van der Waals surface area (Å²) in [5, 5.41) is 20.8. The van der Waals surface area contributed by atoms with E-state index in [9.17, 15) is 14.7 Å². The highest BCUT2D eigenvalue weighted by Crippen LogP contribution is 2.22. The lowest BCUT2D eigenvalue weighted by atomic mass is 10.1. The maximum absolute atomic E-state index is 12.6. The molecular formula is C21H21BrN4O4. The summed E-state index contributed by atoms with van der Waals surface area (Å²) in [7, 11) is 0. The molecule has 1 fully saturated rings. The number of rotatable bonds is 6. The number of carbonyl (C=O) groups is 2. The Bertz CT molecular complexity index is 1050. The predicted molar refractivity (Wildman–Crippen MR) is 115 cm³/mol. The fourth-order valence-corrected chi connectivity index (χ4v) is 3.69. The third kappa shape index (κ3) is 4.63. The van der Waals surface area contributed by atoms with Crippen molar-refractivity contribution in [1.29, 1.82) is 0 Å². The number of nitrogens with one attached hydrogen (secondary N) is 2. The monoisotopic (exact) mass is 472 g/mol. The average Bonchev–Trinajstić information content (AvgIpc) is 3.42. The second kappa shape index (κ2) is 8.85. The van der Waals surface area contributed by atoms with Crippen LogP contribution in [0.25, 0.3) is 10.9 Å². The van der Waals surface area contributed by atoms with Gasteiger partial charge in [0.25, 0.3) is 5.91 Å². The van der Waals surface area contributed by atoms with Crippen LogP contribution < -0.4 is 10.1 Å². The van der Waals surface area contributed by atoms with E-state index >= 15 is 0 Å². The van der Waals surface area contributed by atoms with Crippen molar-refractivity contribution in [2.45, 2.75) is 12.5 Å². The Kier molecular flexibility index (Phi) is 6.01. The fraction of sp³-hybridized carbons (Fsp3) is 0.286. The van der Waals surface area contributed by atoms with E-state index in [1.165, 1.54) is 4.90 Å². The summed E-state index contributed by atoms with van der Waals surface area (Å²) in [5.41, 5.74) is 1.58. The molecule has 2 heterocycles. The summed E-state index contributed by atoms with van der Waals surface area (Å²) < 4.78 is 6.39. The topological polar surface area (TPSA) is 108 Å². The molecule has 2 atom stereocenters. The first-order valence-electron chi connectivity index (χ1n) is 9.59. The minimum Gasteiger partial charge on any atom is -0.490 e. The number of anilines is 1. The quantitative estimate of drug-likeness (QED) is 0.510. The fourth-order valence-electron chi connectivity index (χ4n) is 3.43. The highest BCUT2D eigenvalue weighted by Gasteiger charge is 2.33. The van der Waals surface area contributed by atoms with Crippen LogP contribution in [0.4, 0.5) is 5.69 Å². The molecular weight excluding hydrogens is 452 g/mol. The first-order valence-corrected chi connectivity index (χ1v) is 10.4. The number of hydrogen-bond acceptors (Lipinski definition) is 5. The number of H-pyrrole nitrogens is 1. The highest BCUT2D eigenvalue weighted by atomic mass is 79.9. The number of halogens is 1. The van der Waals surface area contributed by atoms with Crippen LogP contribution in [0.3, 0.4) is 0 Å². The van der Waals surface area contributed by atoms with Crippen molar-refractivity contribution >= 4 is 44.3 Å². The summed E-state index contributed by atoms with van der Waals surface area (Å²) >= 11 is 3.34. The molecule has 1 aliphatic rings. The summed E-state index contributed by atoms with van der Waals surface area (Å²) in [5.74, 6) is -0.331. The van der Waals surface area contributed by atoms with Gasteiger partial charge in [-0.25, -0.2) is 0 Å². The van der Waals surface area contributed by atoms with Crippen LogP contribution >= 0.6 is 15.9 Å². The summed E-state index contributed by atoms with van der Waals surface area (Å²) in [6.45, 7) is 0.555. The number of benzene rings is 2. The van der Waals surface area contributed by atoms with Gasteiger partial charge in [0, 0.05) is 28.6 Å².